The van der Waals surface area contributed by atoms with Crippen molar-refractivity contribution in [3.63, 3.8) is 0 Å². The number of para-hydroxylation sites is 1. The first-order chi connectivity index (χ1) is 11.8. The molecular formula is C18H17N3O3. The summed E-state index contributed by atoms with van der Waals surface area (Å²) in [6.45, 7) is 2.36. The van der Waals surface area contributed by atoms with Crippen molar-refractivity contribution in [2.75, 3.05) is 11.9 Å². The van der Waals surface area contributed by atoms with Crippen LogP contribution in [0.3, 0.4) is 0 Å². The summed E-state index contributed by atoms with van der Waals surface area (Å²) in [7, 11) is 0. The average molecular weight is 323 g/mol. The second-order valence-corrected chi connectivity index (χ2v) is 4.92. The van der Waals surface area contributed by atoms with Crippen LogP contribution in [0.2, 0.25) is 0 Å². The van der Waals surface area contributed by atoms with Crippen LogP contribution in [0, 0.1) is 0 Å². The number of nitrogens with zero attached hydrogens (tertiary/aromatic N) is 2. The smallest absolute Gasteiger partial charge is 0.252 e. The molecule has 1 aromatic carbocycles. The molecule has 24 heavy (non-hydrogen) atoms. The number of benzene rings is 1. The molecule has 2 aromatic heterocycles. The molecule has 0 saturated heterocycles. The molecule has 0 unspecified atom stereocenters. The predicted octanol–water partition coefficient (Wildman–Crippen LogP) is 3.62. The molecule has 1 N–H and O–H groups in total. The molecule has 0 aliphatic carbocycles. The van der Waals surface area contributed by atoms with Crippen molar-refractivity contribution in [1.82, 2.24) is 9.78 Å². The van der Waals surface area contributed by atoms with Gasteiger partial charge in [-0.25, -0.2) is 4.68 Å². The lowest BCUT2D eigenvalue weighted by atomic mass is 10.2. The highest BCUT2D eigenvalue weighted by molar-refractivity contribution is 5.99. The molecule has 1 amide bonds. The largest absolute Gasteiger partial charge is 0.501 e. The van der Waals surface area contributed by atoms with E-state index in [0.29, 0.717) is 18.1 Å². The second-order valence-electron chi connectivity index (χ2n) is 4.92. The summed E-state index contributed by atoms with van der Waals surface area (Å²) in [4.78, 5) is 12.0. The number of rotatable bonds is 6. The van der Waals surface area contributed by atoms with E-state index in [-0.39, 0.29) is 5.91 Å². The lowest BCUT2D eigenvalue weighted by molar-refractivity contribution is -0.112. The first-order valence-electron chi connectivity index (χ1n) is 7.55. The maximum Gasteiger partial charge on any atom is 0.252 e. The number of aromatic nitrogens is 2. The van der Waals surface area contributed by atoms with Gasteiger partial charge in [-0.1, -0.05) is 18.2 Å². The molecule has 0 bridgehead atoms. The second kappa shape index (κ2) is 7.32. The quantitative estimate of drug-likeness (QED) is 0.555. The topological polar surface area (TPSA) is 69.3 Å². The van der Waals surface area contributed by atoms with Crippen molar-refractivity contribution < 1.29 is 13.9 Å². The number of carbonyl (C=O) groups excluding carboxylic acids is 1. The van der Waals surface area contributed by atoms with E-state index >= 15 is 0 Å². The Balaban J connectivity index is 1.93. The van der Waals surface area contributed by atoms with Gasteiger partial charge in [-0.2, -0.15) is 5.10 Å². The van der Waals surface area contributed by atoms with Crippen molar-refractivity contribution in [3.8, 4) is 16.9 Å². The molecule has 0 saturated carbocycles. The van der Waals surface area contributed by atoms with Crippen molar-refractivity contribution >= 4 is 11.7 Å². The number of nitrogens with one attached hydrogen (secondary N) is 1. The third-order valence-corrected chi connectivity index (χ3v) is 3.26. The van der Waals surface area contributed by atoms with Gasteiger partial charge in [0.05, 0.1) is 36.8 Å². The van der Waals surface area contributed by atoms with Crippen LogP contribution in [0.25, 0.3) is 16.9 Å². The van der Waals surface area contributed by atoms with Crippen LogP contribution in [0.4, 0.5) is 5.82 Å². The summed E-state index contributed by atoms with van der Waals surface area (Å²) in [5.74, 6) is 0.267. The van der Waals surface area contributed by atoms with Crippen molar-refractivity contribution in [2.45, 2.75) is 6.92 Å². The highest BCUT2D eigenvalue weighted by atomic mass is 16.5. The Morgan fingerprint density at radius 2 is 2.17 bits per heavy atom. The van der Waals surface area contributed by atoms with E-state index in [4.69, 9.17) is 9.15 Å². The standard InChI is InChI=1S/C18H17N3O3/c1-2-23-11-9-18(22)19-17-12-16(14-8-10-24-13-14)20-21(17)15-6-4-3-5-7-15/h3-13H,2H2,1H3,(H,19,22)/b11-9+. The highest BCUT2D eigenvalue weighted by Crippen LogP contribution is 2.25. The number of amides is 1. The highest BCUT2D eigenvalue weighted by Gasteiger charge is 2.13. The predicted molar refractivity (Wildman–Crippen MR) is 90.7 cm³/mol. The van der Waals surface area contributed by atoms with Gasteiger partial charge in [0.15, 0.2) is 0 Å². The summed E-state index contributed by atoms with van der Waals surface area (Å²) < 4.78 is 11.8. The number of hydrogen-bond donors (Lipinski definition) is 1. The number of hydrogen-bond acceptors (Lipinski definition) is 4. The molecule has 0 spiro atoms. The van der Waals surface area contributed by atoms with Crippen molar-refractivity contribution in [3.05, 3.63) is 67.3 Å². The lowest BCUT2D eigenvalue weighted by Crippen LogP contribution is -2.12. The van der Waals surface area contributed by atoms with Gasteiger partial charge in [0.1, 0.15) is 5.82 Å². The molecule has 0 fully saturated rings. The van der Waals surface area contributed by atoms with E-state index in [1.54, 1.807) is 23.3 Å². The number of carbonyl (C=O) groups is 1. The Bertz CT molecular complexity index is 821. The molecule has 3 rings (SSSR count). The van der Waals surface area contributed by atoms with Gasteiger partial charge in [-0.15, -0.1) is 0 Å². The Kier molecular flexibility index (Phi) is 4.76. The van der Waals surface area contributed by atoms with Gasteiger partial charge < -0.3 is 14.5 Å². The average Bonchev–Trinajstić information content (AvgIpc) is 3.25. The summed E-state index contributed by atoms with van der Waals surface area (Å²) in [6, 6.07) is 13.2. The molecule has 0 aliphatic rings. The first-order valence-corrected chi connectivity index (χ1v) is 7.55. The van der Waals surface area contributed by atoms with Crippen LogP contribution in [0.1, 0.15) is 6.92 Å². The molecule has 3 aromatic rings. The maximum atomic E-state index is 12.0. The molecule has 122 valence electrons. The fourth-order valence-electron chi connectivity index (χ4n) is 2.16. The van der Waals surface area contributed by atoms with Gasteiger partial charge in [0.2, 0.25) is 0 Å². The van der Waals surface area contributed by atoms with Gasteiger partial charge >= 0.3 is 0 Å². The monoisotopic (exact) mass is 323 g/mol. The lowest BCUT2D eigenvalue weighted by Gasteiger charge is -2.07. The van der Waals surface area contributed by atoms with Gasteiger partial charge in [-0.3, -0.25) is 4.79 Å². The molecule has 6 heteroatoms. The fraction of sp³-hybridized carbons (Fsp3) is 0.111. The van der Waals surface area contributed by atoms with E-state index in [2.05, 4.69) is 10.4 Å². The minimum Gasteiger partial charge on any atom is -0.501 e. The van der Waals surface area contributed by atoms with Crippen LogP contribution in [-0.4, -0.2) is 22.3 Å². The number of furan rings is 1. The summed E-state index contributed by atoms with van der Waals surface area (Å²) in [5.41, 5.74) is 2.39. The summed E-state index contributed by atoms with van der Waals surface area (Å²) in [5, 5.41) is 7.37. The molecule has 6 nitrogen and oxygen atoms in total. The van der Waals surface area contributed by atoms with Gasteiger partial charge in [0.25, 0.3) is 5.91 Å². The number of anilines is 1. The van der Waals surface area contributed by atoms with E-state index in [1.807, 2.05) is 43.3 Å². The normalized spacial score (nSPS) is 10.9. The SMILES string of the molecule is CCO/C=C/C(=O)Nc1cc(-c2ccoc2)nn1-c1ccccc1. The maximum absolute atomic E-state index is 12.0. The Labute approximate surface area is 139 Å². The molecule has 0 radical (unpaired) electrons. The zero-order valence-electron chi connectivity index (χ0n) is 13.2. The molecule has 2 heterocycles. The van der Waals surface area contributed by atoms with E-state index < -0.39 is 0 Å². The van der Waals surface area contributed by atoms with Crippen LogP contribution >= 0.6 is 0 Å². The Hall–Kier alpha value is -3.28. The Morgan fingerprint density at radius 1 is 1.33 bits per heavy atom. The van der Waals surface area contributed by atoms with Crippen molar-refractivity contribution in [2.24, 2.45) is 0 Å². The molecular weight excluding hydrogens is 306 g/mol. The Morgan fingerprint density at radius 3 is 2.88 bits per heavy atom. The number of ether oxygens (including phenoxy) is 1. The zero-order chi connectivity index (χ0) is 16.8. The summed E-state index contributed by atoms with van der Waals surface area (Å²) in [6.07, 6.45) is 5.90. The van der Waals surface area contributed by atoms with E-state index in [9.17, 15) is 4.79 Å². The van der Waals surface area contributed by atoms with Crippen molar-refractivity contribution in [1.29, 1.82) is 0 Å². The zero-order valence-corrected chi connectivity index (χ0v) is 13.2. The molecule has 0 atom stereocenters. The van der Waals surface area contributed by atoms with Crippen LogP contribution in [0.15, 0.2) is 71.7 Å². The van der Waals surface area contributed by atoms with E-state index in [0.717, 1.165) is 11.3 Å². The third-order valence-electron chi connectivity index (χ3n) is 3.26. The van der Waals surface area contributed by atoms with Crippen LogP contribution in [0.5, 0.6) is 0 Å². The van der Waals surface area contributed by atoms with Gasteiger partial charge in [-0.05, 0) is 25.1 Å². The van der Waals surface area contributed by atoms with Crippen LogP contribution < -0.4 is 5.32 Å². The minimum absolute atomic E-state index is 0.292. The third kappa shape index (κ3) is 3.55. The first kappa shape index (κ1) is 15.6. The van der Waals surface area contributed by atoms with Gasteiger partial charge in [0, 0.05) is 17.7 Å². The summed E-state index contributed by atoms with van der Waals surface area (Å²) >= 11 is 0. The minimum atomic E-state index is -0.292. The van der Waals surface area contributed by atoms with E-state index in [1.165, 1.54) is 12.3 Å². The fourth-order valence-corrected chi connectivity index (χ4v) is 2.16. The van der Waals surface area contributed by atoms with Crippen LogP contribution in [-0.2, 0) is 9.53 Å². The molecule has 0 aliphatic heterocycles.